The van der Waals surface area contributed by atoms with Crippen LogP contribution >= 0.6 is 11.8 Å². The molecule has 1 saturated heterocycles. The van der Waals surface area contributed by atoms with E-state index in [4.69, 9.17) is 0 Å². The first-order chi connectivity index (χ1) is 8.42. The van der Waals surface area contributed by atoms with E-state index in [1.54, 1.807) is 0 Å². The largest absolute Gasteiger partial charge is 0.313 e. The Hall–Kier alpha value is 0.310. The Bertz CT molecular complexity index is 177. The maximum absolute atomic E-state index is 3.89. The molecule has 2 rings (SSSR count). The van der Waals surface area contributed by atoms with E-state index in [1.807, 2.05) is 0 Å². The Morgan fingerprint density at radius 2 is 1.82 bits per heavy atom. The number of nitrogens with one attached hydrogen (secondary N) is 1. The van der Waals surface area contributed by atoms with Crippen molar-refractivity contribution < 1.29 is 0 Å². The molecule has 0 spiro atoms. The minimum Gasteiger partial charge on any atom is -0.313 e. The van der Waals surface area contributed by atoms with Crippen molar-refractivity contribution in [3.63, 3.8) is 0 Å². The van der Waals surface area contributed by atoms with Crippen molar-refractivity contribution in [1.29, 1.82) is 0 Å². The van der Waals surface area contributed by atoms with Crippen LogP contribution in [0.1, 0.15) is 64.7 Å². The zero-order valence-electron chi connectivity index (χ0n) is 11.4. The van der Waals surface area contributed by atoms with Crippen LogP contribution in [-0.4, -0.2) is 23.6 Å². The second-order valence-electron chi connectivity index (χ2n) is 5.78. The molecule has 1 heterocycles. The molecule has 100 valence electrons. The van der Waals surface area contributed by atoms with Gasteiger partial charge in [-0.2, -0.15) is 11.8 Å². The summed E-state index contributed by atoms with van der Waals surface area (Å²) in [5.74, 6) is 2.38. The molecule has 0 amide bonds. The summed E-state index contributed by atoms with van der Waals surface area (Å²) in [6.45, 7) is 3.51. The van der Waals surface area contributed by atoms with Gasteiger partial charge in [0.05, 0.1) is 0 Å². The first kappa shape index (κ1) is 13.7. The van der Waals surface area contributed by atoms with Crippen LogP contribution in [0.25, 0.3) is 0 Å². The molecule has 2 atom stereocenters. The van der Waals surface area contributed by atoms with Crippen LogP contribution in [0.15, 0.2) is 0 Å². The Balaban J connectivity index is 1.90. The molecule has 17 heavy (non-hydrogen) atoms. The van der Waals surface area contributed by atoms with Gasteiger partial charge in [0.2, 0.25) is 0 Å². The summed E-state index contributed by atoms with van der Waals surface area (Å²) < 4.78 is 0. The third-order valence-corrected chi connectivity index (χ3v) is 5.88. The number of thioether (sulfide) groups is 1. The smallest absolute Gasteiger partial charge is 0.0214 e. The van der Waals surface area contributed by atoms with E-state index in [1.165, 1.54) is 70.1 Å². The average Bonchev–Trinajstić information content (AvgIpc) is 2.42. The Kier molecular flexibility index (Phi) is 6.21. The standard InChI is InChI=1S/C15H29NS/c1-2-11-16-15(13-8-4-3-5-9-13)14-10-6-7-12-17-14/h13-16H,2-12H2,1H3. The normalized spacial score (nSPS) is 29.1. The van der Waals surface area contributed by atoms with Gasteiger partial charge in [0.1, 0.15) is 0 Å². The monoisotopic (exact) mass is 255 g/mol. The first-order valence-corrected chi connectivity index (χ1v) is 8.81. The van der Waals surface area contributed by atoms with Crippen LogP contribution in [0.5, 0.6) is 0 Å². The molecular weight excluding hydrogens is 226 g/mol. The number of hydrogen-bond acceptors (Lipinski definition) is 2. The Morgan fingerprint density at radius 3 is 2.47 bits per heavy atom. The van der Waals surface area contributed by atoms with Crippen molar-refractivity contribution in [2.75, 3.05) is 12.3 Å². The van der Waals surface area contributed by atoms with Crippen molar-refractivity contribution in [2.45, 2.75) is 76.0 Å². The van der Waals surface area contributed by atoms with Gasteiger partial charge in [-0.25, -0.2) is 0 Å². The van der Waals surface area contributed by atoms with E-state index in [0.29, 0.717) is 0 Å². The molecule has 2 fully saturated rings. The molecule has 0 radical (unpaired) electrons. The summed E-state index contributed by atoms with van der Waals surface area (Å²) in [6, 6.07) is 0.820. The highest BCUT2D eigenvalue weighted by molar-refractivity contribution is 8.00. The van der Waals surface area contributed by atoms with E-state index in [0.717, 1.165) is 17.2 Å². The second kappa shape index (κ2) is 7.68. The molecular formula is C15H29NS. The molecule has 0 aromatic heterocycles. The van der Waals surface area contributed by atoms with Crippen molar-refractivity contribution in [2.24, 2.45) is 5.92 Å². The van der Waals surface area contributed by atoms with Crippen molar-refractivity contribution in [1.82, 2.24) is 5.32 Å². The summed E-state index contributed by atoms with van der Waals surface area (Å²) in [5, 5.41) is 4.80. The lowest BCUT2D eigenvalue weighted by atomic mass is 9.81. The van der Waals surface area contributed by atoms with Gasteiger partial charge in [0.15, 0.2) is 0 Å². The lowest BCUT2D eigenvalue weighted by Crippen LogP contribution is -2.46. The average molecular weight is 255 g/mol. The predicted molar refractivity (Wildman–Crippen MR) is 78.8 cm³/mol. The number of hydrogen-bond donors (Lipinski definition) is 1. The molecule has 1 saturated carbocycles. The Labute approximate surface area is 112 Å². The van der Waals surface area contributed by atoms with Gasteiger partial charge < -0.3 is 5.32 Å². The lowest BCUT2D eigenvalue weighted by Gasteiger charge is -2.38. The van der Waals surface area contributed by atoms with Crippen molar-refractivity contribution in [3.05, 3.63) is 0 Å². The highest BCUT2D eigenvalue weighted by atomic mass is 32.2. The van der Waals surface area contributed by atoms with Crippen molar-refractivity contribution >= 4 is 11.8 Å². The summed E-state index contributed by atoms with van der Waals surface area (Å²) in [5.41, 5.74) is 0. The van der Waals surface area contributed by atoms with Crippen LogP contribution in [0.4, 0.5) is 0 Å². The molecule has 1 nitrogen and oxygen atoms in total. The van der Waals surface area contributed by atoms with Gasteiger partial charge in [0.25, 0.3) is 0 Å². The zero-order chi connectivity index (χ0) is 11.9. The molecule has 0 bridgehead atoms. The fourth-order valence-corrected chi connectivity index (χ4v) is 4.99. The maximum atomic E-state index is 3.89. The minimum atomic E-state index is 0.820. The van der Waals surface area contributed by atoms with E-state index in [2.05, 4.69) is 24.0 Å². The van der Waals surface area contributed by atoms with E-state index < -0.39 is 0 Å². The van der Waals surface area contributed by atoms with Crippen LogP contribution in [0.3, 0.4) is 0 Å². The topological polar surface area (TPSA) is 12.0 Å². The van der Waals surface area contributed by atoms with Crippen LogP contribution in [0.2, 0.25) is 0 Å². The Morgan fingerprint density at radius 1 is 1.06 bits per heavy atom. The van der Waals surface area contributed by atoms with Gasteiger partial charge in [0, 0.05) is 11.3 Å². The molecule has 2 aliphatic rings. The SMILES string of the molecule is CCCNC(C1CCCCC1)C1CCCCS1. The van der Waals surface area contributed by atoms with Gasteiger partial charge in [-0.3, -0.25) is 0 Å². The zero-order valence-corrected chi connectivity index (χ0v) is 12.2. The summed E-state index contributed by atoms with van der Waals surface area (Å²) in [7, 11) is 0. The third-order valence-electron chi connectivity index (χ3n) is 4.40. The fraction of sp³-hybridized carbons (Fsp3) is 1.00. The molecule has 0 aromatic rings. The number of rotatable bonds is 5. The van der Waals surface area contributed by atoms with E-state index in [-0.39, 0.29) is 0 Å². The lowest BCUT2D eigenvalue weighted by molar-refractivity contribution is 0.258. The second-order valence-corrected chi connectivity index (χ2v) is 7.13. The maximum Gasteiger partial charge on any atom is 0.0214 e. The van der Waals surface area contributed by atoms with Gasteiger partial charge in [-0.05, 0) is 50.3 Å². The molecule has 0 aromatic carbocycles. The predicted octanol–water partition coefficient (Wildman–Crippen LogP) is 4.22. The molecule has 1 aliphatic heterocycles. The molecule has 1 aliphatic carbocycles. The van der Waals surface area contributed by atoms with Crippen molar-refractivity contribution in [3.8, 4) is 0 Å². The van der Waals surface area contributed by atoms with E-state index >= 15 is 0 Å². The van der Waals surface area contributed by atoms with Gasteiger partial charge in [-0.15, -0.1) is 0 Å². The highest BCUT2D eigenvalue weighted by Gasteiger charge is 2.31. The fourth-order valence-electron chi connectivity index (χ4n) is 3.45. The van der Waals surface area contributed by atoms with Crippen LogP contribution in [0, 0.1) is 5.92 Å². The van der Waals surface area contributed by atoms with Crippen LogP contribution < -0.4 is 5.32 Å². The highest BCUT2D eigenvalue weighted by Crippen LogP contribution is 2.35. The van der Waals surface area contributed by atoms with Gasteiger partial charge in [-0.1, -0.05) is 32.6 Å². The molecule has 2 unspecified atom stereocenters. The van der Waals surface area contributed by atoms with E-state index in [9.17, 15) is 0 Å². The minimum absolute atomic E-state index is 0.820. The quantitative estimate of drug-likeness (QED) is 0.789. The van der Waals surface area contributed by atoms with Crippen LogP contribution in [-0.2, 0) is 0 Å². The summed E-state index contributed by atoms with van der Waals surface area (Å²) in [6.07, 6.45) is 13.1. The van der Waals surface area contributed by atoms with Gasteiger partial charge >= 0.3 is 0 Å². The third kappa shape index (κ3) is 4.17. The molecule has 2 heteroatoms. The molecule has 1 N–H and O–H groups in total. The summed E-state index contributed by atoms with van der Waals surface area (Å²) in [4.78, 5) is 0. The first-order valence-electron chi connectivity index (χ1n) is 7.77. The summed E-state index contributed by atoms with van der Waals surface area (Å²) >= 11 is 2.25.